The van der Waals surface area contributed by atoms with Crippen molar-refractivity contribution in [3.8, 4) is 23.4 Å². The number of rotatable bonds is 5. The summed E-state index contributed by atoms with van der Waals surface area (Å²) in [5.74, 6) is 0.130. The first-order chi connectivity index (χ1) is 13.7. The van der Waals surface area contributed by atoms with Gasteiger partial charge in [0.1, 0.15) is 11.6 Å². The summed E-state index contributed by atoms with van der Waals surface area (Å²) in [5.41, 5.74) is 5.49. The number of nitriles is 2. The summed E-state index contributed by atoms with van der Waals surface area (Å²) in [6.45, 7) is 1.99. The highest BCUT2D eigenvalue weighted by atomic mass is 16.1. The molecular formula is C21H16N6O. The monoisotopic (exact) mass is 368 g/mol. The van der Waals surface area contributed by atoms with E-state index >= 15 is 0 Å². The number of H-pyrrole nitrogens is 1. The molecule has 0 aliphatic rings. The van der Waals surface area contributed by atoms with Crippen molar-refractivity contribution in [1.82, 2.24) is 9.97 Å². The summed E-state index contributed by atoms with van der Waals surface area (Å²) in [4.78, 5) is 19.1. The summed E-state index contributed by atoms with van der Waals surface area (Å²) in [6.07, 6.45) is 2.35. The van der Waals surface area contributed by atoms with Crippen molar-refractivity contribution in [3.05, 3.63) is 81.1 Å². The molecule has 1 heterocycles. The Kier molecular flexibility index (Phi) is 5.59. The maximum atomic E-state index is 12.2. The van der Waals surface area contributed by atoms with Gasteiger partial charge in [0.2, 0.25) is 5.95 Å². The predicted octanol–water partition coefficient (Wildman–Crippen LogP) is 3.19. The first-order valence-corrected chi connectivity index (χ1v) is 8.58. The zero-order chi connectivity index (χ0) is 19.9. The lowest BCUT2D eigenvalue weighted by Gasteiger charge is -2.06. The van der Waals surface area contributed by atoms with E-state index in [1.165, 1.54) is 0 Å². The summed E-state index contributed by atoms with van der Waals surface area (Å²) < 4.78 is 0. The molecule has 3 aromatic rings. The van der Waals surface area contributed by atoms with Crippen LogP contribution in [0.5, 0.6) is 0 Å². The molecule has 2 aromatic carbocycles. The molecule has 3 rings (SSSR count). The van der Waals surface area contributed by atoms with Crippen molar-refractivity contribution in [2.75, 3.05) is 5.43 Å². The van der Waals surface area contributed by atoms with Crippen molar-refractivity contribution < 1.29 is 0 Å². The Labute approximate surface area is 161 Å². The molecule has 0 atom stereocenters. The van der Waals surface area contributed by atoms with Crippen LogP contribution in [0.1, 0.15) is 29.2 Å². The van der Waals surface area contributed by atoms with Crippen LogP contribution in [0.2, 0.25) is 0 Å². The second-order valence-corrected chi connectivity index (χ2v) is 5.86. The standard InChI is InChI=1S/C21H16N6O/c1-2-15-10-14(11-22)8-9-17(15)13-24-27-21-25-19(16-6-4-3-5-7-16)18(12-23)20(28)26-21/h3-10,13H,2H2,1H3,(H2,25,26,27,28). The Hall–Kier alpha value is -4.23. The fraction of sp³-hybridized carbons (Fsp3) is 0.0952. The third-order valence-corrected chi connectivity index (χ3v) is 4.11. The molecule has 7 nitrogen and oxygen atoms in total. The Bertz CT molecular complexity index is 1170. The number of anilines is 1. The molecular weight excluding hydrogens is 352 g/mol. The summed E-state index contributed by atoms with van der Waals surface area (Å²) in [5, 5.41) is 22.4. The van der Waals surface area contributed by atoms with Crippen LogP contribution in [-0.4, -0.2) is 16.2 Å². The van der Waals surface area contributed by atoms with Gasteiger partial charge in [0.15, 0.2) is 0 Å². The minimum absolute atomic E-state index is 0.0545. The SMILES string of the molecule is CCc1cc(C#N)ccc1C=NNc1nc(-c2ccccc2)c(C#N)c(=O)[nH]1. The van der Waals surface area contributed by atoms with Gasteiger partial charge < -0.3 is 0 Å². The number of aromatic amines is 1. The Morgan fingerprint density at radius 3 is 2.64 bits per heavy atom. The largest absolute Gasteiger partial charge is 0.290 e. The maximum Gasteiger partial charge on any atom is 0.270 e. The minimum atomic E-state index is -0.540. The molecule has 1 aromatic heterocycles. The van der Waals surface area contributed by atoms with Gasteiger partial charge in [-0.1, -0.05) is 43.3 Å². The van der Waals surface area contributed by atoms with Gasteiger partial charge in [0.25, 0.3) is 5.56 Å². The van der Waals surface area contributed by atoms with Gasteiger partial charge in [-0.15, -0.1) is 0 Å². The van der Waals surface area contributed by atoms with Crippen molar-refractivity contribution in [2.24, 2.45) is 5.10 Å². The van der Waals surface area contributed by atoms with Crippen LogP contribution in [0, 0.1) is 22.7 Å². The van der Waals surface area contributed by atoms with E-state index in [4.69, 9.17) is 5.26 Å². The highest BCUT2D eigenvalue weighted by Crippen LogP contribution is 2.19. The number of hydrogen-bond donors (Lipinski definition) is 2. The lowest BCUT2D eigenvalue weighted by atomic mass is 10.0. The minimum Gasteiger partial charge on any atom is -0.290 e. The molecule has 7 heteroatoms. The van der Waals surface area contributed by atoms with E-state index in [0.717, 1.165) is 17.5 Å². The molecule has 0 bridgehead atoms. The lowest BCUT2D eigenvalue weighted by molar-refractivity contribution is 1.07. The van der Waals surface area contributed by atoms with Gasteiger partial charge >= 0.3 is 0 Å². The van der Waals surface area contributed by atoms with Crippen LogP contribution in [0.3, 0.4) is 0 Å². The van der Waals surface area contributed by atoms with E-state index in [1.807, 2.05) is 43.3 Å². The third-order valence-electron chi connectivity index (χ3n) is 4.11. The number of nitrogens with zero attached hydrogens (tertiary/aromatic N) is 4. The topological polar surface area (TPSA) is 118 Å². The van der Waals surface area contributed by atoms with Gasteiger partial charge in [0, 0.05) is 5.56 Å². The van der Waals surface area contributed by atoms with Crippen LogP contribution in [0.25, 0.3) is 11.3 Å². The van der Waals surface area contributed by atoms with Crippen molar-refractivity contribution in [3.63, 3.8) is 0 Å². The normalized spacial score (nSPS) is 10.4. The molecule has 0 aliphatic heterocycles. The van der Waals surface area contributed by atoms with E-state index < -0.39 is 5.56 Å². The number of hydrogen-bond acceptors (Lipinski definition) is 6. The first kappa shape index (κ1) is 18.6. The molecule has 0 spiro atoms. The van der Waals surface area contributed by atoms with Gasteiger partial charge in [-0.2, -0.15) is 15.6 Å². The number of aryl methyl sites for hydroxylation is 1. The van der Waals surface area contributed by atoms with Gasteiger partial charge in [-0.25, -0.2) is 10.4 Å². The molecule has 136 valence electrons. The van der Waals surface area contributed by atoms with Crippen molar-refractivity contribution >= 4 is 12.2 Å². The predicted molar refractivity (Wildman–Crippen MR) is 107 cm³/mol. The molecule has 0 radical (unpaired) electrons. The number of aromatic nitrogens is 2. The maximum absolute atomic E-state index is 12.2. The molecule has 0 fully saturated rings. The molecule has 0 unspecified atom stereocenters. The Morgan fingerprint density at radius 2 is 1.96 bits per heavy atom. The van der Waals surface area contributed by atoms with Crippen LogP contribution in [0.15, 0.2) is 58.4 Å². The quantitative estimate of drug-likeness (QED) is 0.530. The molecule has 2 N–H and O–H groups in total. The van der Waals surface area contributed by atoms with E-state index in [2.05, 4.69) is 26.6 Å². The highest BCUT2D eigenvalue weighted by Gasteiger charge is 2.12. The lowest BCUT2D eigenvalue weighted by Crippen LogP contribution is -2.16. The highest BCUT2D eigenvalue weighted by molar-refractivity contribution is 5.82. The summed E-state index contributed by atoms with van der Waals surface area (Å²) >= 11 is 0. The second-order valence-electron chi connectivity index (χ2n) is 5.86. The second kappa shape index (κ2) is 8.43. The molecule has 28 heavy (non-hydrogen) atoms. The fourth-order valence-electron chi connectivity index (χ4n) is 2.71. The van der Waals surface area contributed by atoms with Crippen LogP contribution < -0.4 is 11.0 Å². The van der Waals surface area contributed by atoms with Gasteiger partial charge in [0.05, 0.1) is 23.5 Å². The van der Waals surface area contributed by atoms with E-state index in [-0.39, 0.29) is 17.2 Å². The summed E-state index contributed by atoms with van der Waals surface area (Å²) in [7, 11) is 0. The Morgan fingerprint density at radius 1 is 1.18 bits per heavy atom. The average Bonchev–Trinajstić information content (AvgIpc) is 2.74. The molecule has 0 aliphatic carbocycles. The average molecular weight is 368 g/mol. The van der Waals surface area contributed by atoms with E-state index in [0.29, 0.717) is 11.1 Å². The van der Waals surface area contributed by atoms with Crippen LogP contribution >= 0.6 is 0 Å². The first-order valence-electron chi connectivity index (χ1n) is 8.58. The van der Waals surface area contributed by atoms with Crippen LogP contribution in [0.4, 0.5) is 5.95 Å². The number of hydrazone groups is 1. The summed E-state index contributed by atoms with van der Waals surface area (Å²) in [6, 6.07) is 18.4. The van der Waals surface area contributed by atoms with Crippen molar-refractivity contribution in [1.29, 1.82) is 10.5 Å². The smallest absolute Gasteiger partial charge is 0.270 e. The molecule has 0 saturated heterocycles. The zero-order valence-corrected chi connectivity index (χ0v) is 15.1. The Balaban J connectivity index is 1.91. The zero-order valence-electron chi connectivity index (χ0n) is 15.1. The number of nitrogens with one attached hydrogen (secondary N) is 2. The number of benzene rings is 2. The van der Waals surface area contributed by atoms with Crippen LogP contribution in [-0.2, 0) is 6.42 Å². The van der Waals surface area contributed by atoms with Gasteiger partial charge in [-0.3, -0.25) is 9.78 Å². The van der Waals surface area contributed by atoms with Crippen molar-refractivity contribution in [2.45, 2.75) is 13.3 Å². The van der Waals surface area contributed by atoms with Gasteiger partial charge in [-0.05, 0) is 29.7 Å². The molecule has 0 amide bonds. The van der Waals surface area contributed by atoms with E-state index in [1.54, 1.807) is 24.4 Å². The van der Waals surface area contributed by atoms with E-state index in [9.17, 15) is 10.1 Å². The fourth-order valence-corrected chi connectivity index (χ4v) is 2.71. The molecule has 0 saturated carbocycles. The third kappa shape index (κ3) is 3.95.